The third-order valence-electron chi connectivity index (χ3n) is 4.52. The number of aryl methyl sites for hydroxylation is 2. The van der Waals surface area contributed by atoms with Gasteiger partial charge in [0.25, 0.3) is 0 Å². The molecule has 0 bridgehead atoms. The van der Waals surface area contributed by atoms with E-state index < -0.39 is 0 Å². The molecule has 2 unspecified atom stereocenters. The molecule has 4 nitrogen and oxygen atoms in total. The highest BCUT2D eigenvalue weighted by Gasteiger charge is 2.37. The van der Waals surface area contributed by atoms with Gasteiger partial charge in [0.15, 0.2) is 5.82 Å². The molecule has 1 aliphatic rings. The number of likely N-dealkylation sites (N-methyl/N-ethyl adjacent to an activating group) is 1. The highest BCUT2D eigenvalue weighted by atomic mass is 15.4. The number of nitrogens with one attached hydrogen (secondary N) is 1. The molecule has 0 spiro atoms. The van der Waals surface area contributed by atoms with Crippen molar-refractivity contribution >= 4 is 0 Å². The smallest absolute Gasteiger partial charge is 0.150 e. The predicted molar refractivity (Wildman–Crippen MR) is 82.9 cm³/mol. The lowest BCUT2D eigenvalue weighted by Gasteiger charge is -2.41. The second-order valence-corrected chi connectivity index (χ2v) is 6.73. The van der Waals surface area contributed by atoms with Crippen molar-refractivity contribution in [2.75, 3.05) is 6.54 Å². The van der Waals surface area contributed by atoms with Crippen LogP contribution in [0.5, 0.6) is 0 Å². The number of aromatic nitrogens is 3. The molecule has 114 valence electrons. The van der Waals surface area contributed by atoms with Gasteiger partial charge in [-0.15, -0.1) is 0 Å². The largest absolute Gasteiger partial charge is 0.312 e. The summed E-state index contributed by atoms with van der Waals surface area (Å²) in [5.41, 5.74) is 0.403. The zero-order valence-corrected chi connectivity index (χ0v) is 13.7. The fourth-order valence-corrected chi connectivity index (χ4v) is 3.37. The van der Waals surface area contributed by atoms with Crippen molar-refractivity contribution in [1.29, 1.82) is 0 Å². The first-order valence-corrected chi connectivity index (χ1v) is 8.18. The summed E-state index contributed by atoms with van der Waals surface area (Å²) in [6, 6.07) is 0.978. The third kappa shape index (κ3) is 3.22. The number of rotatable bonds is 5. The van der Waals surface area contributed by atoms with Crippen molar-refractivity contribution in [2.45, 2.75) is 78.8 Å². The average Bonchev–Trinajstić information content (AvgIpc) is 2.84. The first kappa shape index (κ1) is 15.5. The fourth-order valence-electron chi connectivity index (χ4n) is 3.37. The van der Waals surface area contributed by atoms with E-state index in [0.29, 0.717) is 17.5 Å². The molecular weight excluding hydrogens is 248 g/mol. The van der Waals surface area contributed by atoms with Crippen LogP contribution in [0.25, 0.3) is 0 Å². The molecule has 2 atom stereocenters. The summed E-state index contributed by atoms with van der Waals surface area (Å²) >= 11 is 0. The summed E-state index contributed by atoms with van der Waals surface area (Å²) in [4.78, 5) is 4.69. The summed E-state index contributed by atoms with van der Waals surface area (Å²) in [5.74, 6) is 2.13. The maximum absolute atomic E-state index is 4.79. The Labute approximate surface area is 123 Å². The van der Waals surface area contributed by atoms with Crippen LogP contribution >= 0.6 is 0 Å². The van der Waals surface area contributed by atoms with Crippen molar-refractivity contribution in [2.24, 2.45) is 5.41 Å². The van der Waals surface area contributed by atoms with Gasteiger partial charge in [-0.05, 0) is 31.2 Å². The number of hydrogen-bond acceptors (Lipinski definition) is 3. The molecule has 1 aromatic heterocycles. The minimum absolute atomic E-state index is 0.403. The highest BCUT2D eigenvalue weighted by molar-refractivity contribution is 5.00. The molecule has 0 radical (unpaired) electrons. The van der Waals surface area contributed by atoms with Crippen molar-refractivity contribution < 1.29 is 0 Å². The Kier molecular flexibility index (Phi) is 4.84. The van der Waals surface area contributed by atoms with Gasteiger partial charge < -0.3 is 5.32 Å². The van der Waals surface area contributed by atoms with Crippen LogP contribution in [0, 0.1) is 5.41 Å². The SMILES string of the molecule is CCNC1CCC(C)(C)CC1n1nc(CC)nc1CC. The van der Waals surface area contributed by atoms with Gasteiger partial charge in [0, 0.05) is 18.9 Å². The Bertz CT molecular complexity index is 436. The van der Waals surface area contributed by atoms with Gasteiger partial charge in [0.05, 0.1) is 6.04 Å². The molecule has 0 amide bonds. The van der Waals surface area contributed by atoms with Crippen molar-refractivity contribution in [3.8, 4) is 0 Å². The van der Waals surface area contributed by atoms with Crippen LogP contribution in [-0.4, -0.2) is 27.4 Å². The minimum Gasteiger partial charge on any atom is -0.312 e. The molecule has 1 heterocycles. The van der Waals surface area contributed by atoms with Gasteiger partial charge in [-0.25, -0.2) is 9.67 Å². The molecule has 1 aromatic rings. The summed E-state index contributed by atoms with van der Waals surface area (Å²) in [6.45, 7) is 12.3. The molecule has 1 fully saturated rings. The van der Waals surface area contributed by atoms with Gasteiger partial charge >= 0.3 is 0 Å². The molecule has 0 aliphatic heterocycles. The van der Waals surface area contributed by atoms with Gasteiger partial charge in [-0.2, -0.15) is 5.10 Å². The minimum atomic E-state index is 0.403. The first-order valence-electron chi connectivity index (χ1n) is 8.18. The van der Waals surface area contributed by atoms with Crippen LogP contribution in [0.2, 0.25) is 0 Å². The van der Waals surface area contributed by atoms with Crippen molar-refractivity contribution in [1.82, 2.24) is 20.1 Å². The van der Waals surface area contributed by atoms with Crippen LogP contribution in [0.4, 0.5) is 0 Å². The van der Waals surface area contributed by atoms with E-state index in [1.165, 1.54) is 19.3 Å². The van der Waals surface area contributed by atoms with E-state index >= 15 is 0 Å². The fraction of sp³-hybridized carbons (Fsp3) is 0.875. The zero-order chi connectivity index (χ0) is 14.8. The molecular formula is C16H30N4. The topological polar surface area (TPSA) is 42.7 Å². The average molecular weight is 278 g/mol. The normalized spacial score (nSPS) is 25.9. The van der Waals surface area contributed by atoms with Crippen molar-refractivity contribution in [3.63, 3.8) is 0 Å². The highest BCUT2D eigenvalue weighted by Crippen LogP contribution is 2.41. The van der Waals surface area contributed by atoms with Crippen LogP contribution in [0.1, 0.15) is 71.6 Å². The number of hydrogen-bond donors (Lipinski definition) is 1. The first-order chi connectivity index (χ1) is 9.50. The predicted octanol–water partition coefficient (Wildman–Crippen LogP) is 3.13. The van der Waals surface area contributed by atoms with Gasteiger partial charge in [0.1, 0.15) is 5.82 Å². The Morgan fingerprint density at radius 1 is 1.25 bits per heavy atom. The van der Waals surface area contributed by atoms with E-state index in [9.17, 15) is 0 Å². The Balaban J connectivity index is 2.31. The molecule has 20 heavy (non-hydrogen) atoms. The van der Waals surface area contributed by atoms with Crippen molar-refractivity contribution in [3.05, 3.63) is 11.6 Å². The zero-order valence-electron chi connectivity index (χ0n) is 13.7. The van der Waals surface area contributed by atoms with E-state index in [1.807, 2.05) is 0 Å². The van der Waals surface area contributed by atoms with Gasteiger partial charge in [-0.1, -0.05) is 34.6 Å². The van der Waals surface area contributed by atoms with Crippen LogP contribution in [0.3, 0.4) is 0 Å². The van der Waals surface area contributed by atoms with Crippen LogP contribution in [-0.2, 0) is 12.8 Å². The molecule has 2 rings (SSSR count). The summed E-state index contributed by atoms with van der Waals surface area (Å²) < 4.78 is 2.23. The molecule has 4 heteroatoms. The molecule has 0 aromatic carbocycles. The second-order valence-electron chi connectivity index (χ2n) is 6.73. The van der Waals surface area contributed by atoms with Crippen LogP contribution < -0.4 is 5.32 Å². The number of nitrogens with zero attached hydrogens (tertiary/aromatic N) is 3. The lowest BCUT2D eigenvalue weighted by Crippen LogP contribution is -2.44. The van der Waals surface area contributed by atoms with Crippen LogP contribution in [0.15, 0.2) is 0 Å². The van der Waals surface area contributed by atoms with Gasteiger partial charge in [-0.3, -0.25) is 0 Å². The van der Waals surface area contributed by atoms with Gasteiger partial charge in [0.2, 0.25) is 0 Å². The summed E-state index contributed by atoms with van der Waals surface area (Å²) in [5, 5.41) is 8.45. The maximum atomic E-state index is 4.79. The molecule has 1 N–H and O–H groups in total. The standard InChI is InChI=1S/C16H30N4/c1-6-14-18-15(7-2)20(19-14)13-11-16(4,5)10-9-12(13)17-8-3/h12-13,17H,6-11H2,1-5H3. The van der Waals surface area contributed by atoms with E-state index in [0.717, 1.165) is 31.0 Å². The van der Waals surface area contributed by atoms with E-state index in [-0.39, 0.29) is 0 Å². The Hall–Kier alpha value is -0.900. The molecule has 1 aliphatic carbocycles. The maximum Gasteiger partial charge on any atom is 0.150 e. The Morgan fingerprint density at radius 3 is 2.60 bits per heavy atom. The molecule has 1 saturated carbocycles. The molecule has 0 saturated heterocycles. The van der Waals surface area contributed by atoms with E-state index in [4.69, 9.17) is 5.10 Å². The van der Waals surface area contributed by atoms with E-state index in [1.54, 1.807) is 0 Å². The summed E-state index contributed by atoms with van der Waals surface area (Å²) in [7, 11) is 0. The quantitative estimate of drug-likeness (QED) is 0.900. The summed E-state index contributed by atoms with van der Waals surface area (Å²) in [6.07, 6.45) is 5.59. The second kappa shape index (κ2) is 6.25. The lowest BCUT2D eigenvalue weighted by molar-refractivity contribution is 0.133. The third-order valence-corrected chi connectivity index (χ3v) is 4.52. The lowest BCUT2D eigenvalue weighted by atomic mass is 9.73. The monoisotopic (exact) mass is 278 g/mol. The van der Waals surface area contributed by atoms with E-state index in [2.05, 4.69) is 49.6 Å². The Morgan fingerprint density at radius 2 is 2.00 bits per heavy atom.